The van der Waals surface area contributed by atoms with Crippen LogP contribution in [-0.4, -0.2) is 35.9 Å². The molecule has 22 heavy (non-hydrogen) atoms. The van der Waals surface area contributed by atoms with Crippen LogP contribution in [0, 0.1) is 19.8 Å². The van der Waals surface area contributed by atoms with E-state index in [1.807, 2.05) is 14.0 Å². The van der Waals surface area contributed by atoms with E-state index in [0.29, 0.717) is 0 Å². The predicted molar refractivity (Wildman–Crippen MR) is 105 cm³/mol. The molecule has 0 saturated carbocycles. The number of aliphatic imine (C=N–C) groups is 1. The highest BCUT2D eigenvalue weighted by atomic mass is 127. The van der Waals surface area contributed by atoms with E-state index in [1.165, 1.54) is 18.5 Å². The zero-order valence-corrected chi connectivity index (χ0v) is 17.0. The van der Waals surface area contributed by atoms with Gasteiger partial charge in [0.25, 0.3) is 0 Å². The summed E-state index contributed by atoms with van der Waals surface area (Å²) < 4.78 is 2.07. The van der Waals surface area contributed by atoms with Gasteiger partial charge in [-0.2, -0.15) is 5.10 Å². The Morgan fingerprint density at radius 2 is 1.95 bits per heavy atom. The molecule has 0 amide bonds. The number of hydrogen-bond acceptors (Lipinski definition) is 2. The maximum absolute atomic E-state index is 4.47. The van der Waals surface area contributed by atoms with E-state index in [0.717, 1.165) is 43.6 Å². The third-order valence-electron chi connectivity index (χ3n) is 3.88. The molecule has 0 fully saturated rings. The molecule has 0 unspecified atom stereocenters. The fourth-order valence-corrected chi connectivity index (χ4v) is 2.38. The second-order valence-corrected chi connectivity index (χ2v) is 5.57. The van der Waals surface area contributed by atoms with Crippen LogP contribution in [0.3, 0.4) is 0 Å². The molecule has 0 bridgehead atoms. The van der Waals surface area contributed by atoms with Crippen LogP contribution in [0.2, 0.25) is 0 Å². The third kappa shape index (κ3) is 7.47. The van der Waals surface area contributed by atoms with E-state index in [9.17, 15) is 0 Å². The van der Waals surface area contributed by atoms with Crippen LogP contribution in [0.25, 0.3) is 0 Å². The lowest BCUT2D eigenvalue weighted by molar-refractivity contribution is 0.480. The number of halogens is 1. The van der Waals surface area contributed by atoms with Gasteiger partial charge in [0.2, 0.25) is 0 Å². The summed E-state index contributed by atoms with van der Waals surface area (Å²) in [5.74, 6) is 1.62. The highest BCUT2D eigenvalue weighted by Crippen LogP contribution is 2.05. The van der Waals surface area contributed by atoms with E-state index in [2.05, 4.69) is 52.2 Å². The number of nitrogens with one attached hydrogen (secondary N) is 2. The smallest absolute Gasteiger partial charge is 0.190 e. The first-order valence-electron chi connectivity index (χ1n) is 8.06. The van der Waals surface area contributed by atoms with Crippen LogP contribution in [0.5, 0.6) is 0 Å². The highest BCUT2D eigenvalue weighted by molar-refractivity contribution is 14.0. The van der Waals surface area contributed by atoms with Gasteiger partial charge in [-0.1, -0.05) is 26.7 Å². The van der Waals surface area contributed by atoms with Crippen molar-refractivity contribution in [3.63, 3.8) is 0 Å². The Kier molecular flexibility index (Phi) is 11.3. The lowest BCUT2D eigenvalue weighted by Gasteiger charge is -2.16. The van der Waals surface area contributed by atoms with Gasteiger partial charge in [0.15, 0.2) is 5.96 Å². The normalized spacial score (nSPS) is 11.5. The van der Waals surface area contributed by atoms with Gasteiger partial charge in [0.05, 0.1) is 5.69 Å². The van der Waals surface area contributed by atoms with Crippen LogP contribution in [0.1, 0.15) is 44.5 Å². The summed E-state index contributed by atoms with van der Waals surface area (Å²) in [6, 6.07) is 2.11. The molecule has 128 valence electrons. The van der Waals surface area contributed by atoms with Crippen LogP contribution in [0.4, 0.5) is 0 Å². The van der Waals surface area contributed by atoms with Gasteiger partial charge in [0, 0.05) is 32.4 Å². The van der Waals surface area contributed by atoms with Crippen LogP contribution < -0.4 is 10.6 Å². The summed E-state index contributed by atoms with van der Waals surface area (Å²) in [6.45, 7) is 11.4. The minimum absolute atomic E-state index is 0. The largest absolute Gasteiger partial charge is 0.356 e. The Balaban J connectivity index is 0.00000441. The molecule has 2 N–H and O–H groups in total. The lowest BCUT2D eigenvalue weighted by atomic mass is 10.0. The van der Waals surface area contributed by atoms with E-state index >= 15 is 0 Å². The molecule has 1 heterocycles. The van der Waals surface area contributed by atoms with Crippen molar-refractivity contribution in [2.45, 2.75) is 53.5 Å². The van der Waals surface area contributed by atoms with E-state index in [-0.39, 0.29) is 24.0 Å². The van der Waals surface area contributed by atoms with E-state index < -0.39 is 0 Å². The summed E-state index contributed by atoms with van der Waals surface area (Å²) >= 11 is 0. The molecule has 0 atom stereocenters. The zero-order chi connectivity index (χ0) is 15.7. The molecule has 1 aromatic rings. The SMILES string of the molecule is CCC(CC)CNC(=NC)NCCCn1nc(C)cc1C.I. The molecular formula is C16H32IN5. The summed E-state index contributed by atoms with van der Waals surface area (Å²) in [4.78, 5) is 4.27. The van der Waals surface area contributed by atoms with Gasteiger partial charge in [-0.25, -0.2) is 0 Å². The van der Waals surface area contributed by atoms with Crippen LogP contribution in [0.15, 0.2) is 11.1 Å². The Bertz CT molecular complexity index is 438. The van der Waals surface area contributed by atoms with Crippen molar-refractivity contribution in [2.24, 2.45) is 10.9 Å². The van der Waals surface area contributed by atoms with Crippen LogP contribution >= 0.6 is 24.0 Å². The van der Waals surface area contributed by atoms with Gasteiger partial charge in [0.1, 0.15) is 0 Å². The molecule has 0 saturated heterocycles. The molecule has 0 aliphatic carbocycles. The summed E-state index contributed by atoms with van der Waals surface area (Å²) in [6.07, 6.45) is 3.45. The highest BCUT2D eigenvalue weighted by Gasteiger charge is 2.05. The van der Waals surface area contributed by atoms with Gasteiger partial charge < -0.3 is 10.6 Å². The van der Waals surface area contributed by atoms with Crippen molar-refractivity contribution in [3.8, 4) is 0 Å². The molecule has 5 nitrogen and oxygen atoms in total. The lowest BCUT2D eigenvalue weighted by Crippen LogP contribution is -2.40. The van der Waals surface area contributed by atoms with E-state index in [4.69, 9.17) is 0 Å². The molecule has 0 aliphatic rings. The fraction of sp³-hybridized carbons (Fsp3) is 0.750. The van der Waals surface area contributed by atoms with Crippen molar-refractivity contribution in [3.05, 3.63) is 17.5 Å². The summed E-state index contributed by atoms with van der Waals surface area (Å²) in [5.41, 5.74) is 2.31. The van der Waals surface area contributed by atoms with Gasteiger partial charge >= 0.3 is 0 Å². The van der Waals surface area contributed by atoms with Gasteiger partial charge in [-0.05, 0) is 32.3 Å². The minimum atomic E-state index is 0. The Labute approximate surface area is 152 Å². The van der Waals surface area contributed by atoms with E-state index in [1.54, 1.807) is 0 Å². The maximum atomic E-state index is 4.47. The zero-order valence-electron chi connectivity index (χ0n) is 14.6. The summed E-state index contributed by atoms with van der Waals surface area (Å²) in [7, 11) is 1.82. The standard InChI is InChI=1S/C16H31N5.HI/c1-6-15(7-2)12-19-16(17-5)18-9-8-10-21-14(4)11-13(3)20-21;/h11,15H,6-10,12H2,1-5H3,(H2,17,18,19);1H. The number of nitrogens with zero attached hydrogens (tertiary/aromatic N) is 3. The minimum Gasteiger partial charge on any atom is -0.356 e. The molecule has 1 rings (SSSR count). The Morgan fingerprint density at radius 1 is 1.27 bits per heavy atom. The number of aryl methyl sites for hydroxylation is 3. The average molecular weight is 421 g/mol. The second kappa shape index (κ2) is 11.7. The maximum Gasteiger partial charge on any atom is 0.190 e. The van der Waals surface area contributed by atoms with Crippen molar-refractivity contribution in [1.29, 1.82) is 0 Å². The molecular weight excluding hydrogens is 389 g/mol. The van der Waals surface area contributed by atoms with Gasteiger partial charge in [-0.3, -0.25) is 9.67 Å². The van der Waals surface area contributed by atoms with Crippen molar-refractivity contribution < 1.29 is 0 Å². The molecule has 0 spiro atoms. The van der Waals surface area contributed by atoms with Crippen molar-refractivity contribution in [1.82, 2.24) is 20.4 Å². The Morgan fingerprint density at radius 3 is 2.45 bits per heavy atom. The molecule has 1 aromatic heterocycles. The first kappa shape index (κ1) is 21.2. The van der Waals surface area contributed by atoms with Crippen molar-refractivity contribution in [2.75, 3.05) is 20.1 Å². The van der Waals surface area contributed by atoms with Gasteiger partial charge in [-0.15, -0.1) is 24.0 Å². The third-order valence-corrected chi connectivity index (χ3v) is 3.88. The topological polar surface area (TPSA) is 54.2 Å². The quantitative estimate of drug-likeness (QED) is 0.294. The fourth-order valence-electron chi connectivity index (χ4n) is 2.38. The number of aromatic nitrogens is 2. The molecule has 0 aromatic carbocycles. The number of guanidine groups is 1. The first-order valence-corrected chi connectivity index (χ1v) is 8.06. The summed E-state index contributed by atoms with van der Waals surface area (Å²) in [5, 5.41) is 11.2. The van der Waals surface area contributed by atoms with Crippen LogP contribution in [-0.2, 0) is 6.54 Å². The average Bonchev–Trinajstić information content (AvgIpc) is 2.80. The molecule has 0 radical (unpaired) electrons. The first-order chi connectivity index (χ1) is 10.1. The Hall–Kier alpha value is -0.790. The molecule has 6 heteroatoms. The second-order valence-electron chi connectivity index (χ2n) is 5.57. The predicted octanol–water partition coefficient (Wildman–Crippen LogP) is 3.11. The number of hydrogen-bond donors (Lipinski definition) is 2. The van der Waals surface area contributed by atoms with Crippen molar-refractivity contribution >= 4 is 29.9 Å². The number of rotatable bonds is 8. The monoisotopic (exact) mass is 421 g/mol. The molecule has 0 aliphatic heterocycles.